The van der Waals surface area contributed by atoms with E-state index in [4.69, 9.17) is 19.7 Å². The number of fused-ring (bicyclic) bond motifs is 1. The summed E-state index contributed by atoms with van der Waals surface area (Å²) in [4.78, 5) is 20.0. The van der Waals surface area contributed by atoms with Crippen molar-refractivity contribution in [2.45, 2.75) is 19.8 Å². The number of pyridine rings is 1. The highest BCUT2D eigenvalue weighted by molar-refractivity contribution is 7.16. The van der Waals surface area contributed by atoms with Gasteiger partial charge in [-0.3, -0.25) is 4.98 Å². The lowest BCUT2D eigenvalue weighted by molar-refractivity contribution is 0.415. The standard InChI is InChI=1S/C26H23N5OS/c1-16(2)23-22(17-8-5-4-6-9-17)29-26(33-23)31-25-20-14-19(32-3)11-12-21(20)28-24(30-25)18-10-7-13-27-15-18/h4-16H,1-3H3,(H,28,29,30,31). The quantitative estimate of drug-likeness (QED) is 0.309. The fourth-order valence-corrected chi connectivity index (χ4v) is 4.62. The van der Waals surface area contributed by atoms with Gasteiger partial charge in [0.2, 0.25) is 0 Å². The van der Waals surface area contributed by atoms with E-state index in [2.05, 4.69) is 36.3 Å². The summed E-state index contributed by atoms with van der Waals surface area (Å²) < 4.78 is 5.45. The van der Waals surface area contributed by atoms with E-state index in [1.54, 1.807) is 30.8 Å². The third-order valence-electron chi connectivity index (χ3n) is 5.27. The van der Waals surface area contributed by atoms with Crippen LogP contribution in [0.3, 0.4) is 0 Å². The molecule has 0 spiro atoms. The van der Waals surface area contributed by atoms with E-state index in [1.807, 2.05) is 48.5 Å². The van der Waals surface area contributed by atoms with Crippen molar-refractivity contribution in [2.24, 2.45) is 0 Å². The molecule has 164 valence electrons. The SMILES string of the molecule is COc1ccc2nc(-c3cccnc3)nc(Nc3nc(-c4ccccc4)c(C(C)C)s3)c2c1. The molecule has 2 aromatic carbocycles. The van der Waals surface area contributed by atoms with Gasteiger partial charge in [-0.25, -0.2) is 15.0 Å². The van der Waals surface area contributed by atoms with Gasteiger partial charge in [-0.2, -0.15) is 0 Å². The normalized spacial score (nSPS) is 11.2. The third kappa shape index (κ3) is 4.27. The van der Waals surface area contributed by atoms with Gasteiger partial charge in [-0.1, -0.05) is 44.2 Å². The van der Waals surface area contributed by atoms with Crippen LogP contribution in [0.25, 0.3) is 33.5 Å². The first-order valence-corrected chi connectivity index (χ1v) is 11.5. The van der Waals surface area contributed by atoms with Gasteiger partial charge < -0.3 is 10.1 Å². The van der Waals surface area contributed by atoms with E-state index in [-0.39, 0.29) is 0 Å². The Morgan fingerprint density at radius 2 is 1.73 bits per heavy atom. The molecule has 0 atom stereocenters. The number of hydrogen-bond donors (Lipinski definition) is 1. The molecule has 0 fully saturated rings. The molecule has 0 aliphatic heterocycles. The highest BCUT2D eigenvalue weighted by Crippen LogP contribution is 2.38. The van der Waals surface area contributed by atoms with Crippen LogP contribution in [0.4, 0.5) is 10.9 Å². The molecule has 0 aliphatic rings. The van der Waals surface area contributed by atoms with Crippen LogP contribution in [0.5, 0.6) is 5.75 Å². The van der Waals surface area contributed by atoms with Crippen molar-refractivity contribution in [2.75, 3.05) is 12.4 Å². The van der Waals surface area contributed by atoms with Crippen LogP contribution in [-0.2, 0) is 0 Å². The Bertz CT molecular complexity index is 1400. The molecular formula is C26H23N5OS. The van der Waals surface area contributed by atoms with Gasteiger partial charge >= 0.3 is 0 Å². The van der Waals surface area contributed by atoms with E-state index in [9.17, 15) is 0 Å². The third-order valence-corrected chi connectivity index (χ3v) is 6.54. The fourth-order valence-electron chi connectivity index (χ4n) is 3.63. The monoisotopic (exact) mass is 453 g/mol. The van der Waals surface area contributed by atoms with Gasteiger partial charge in [0.1, 0.15) is 11.6 Å². The van der Waals surface area contributed by atoms with Crippen molar-refractivity contribution < 1.29 is 4.74 Å². The molecule has 0 aliphatic carbocycles. The van der Waals surface area contributed by atoms with Gasteiger partial charge in [0.05, 0.1) is 18.3 Å². The number of rotatable bonds is 6. The second kappa shape index (κ2) is 8.96. The molecular weight excluding hydrogens is 430 g/mol. The number of ether oxygens (including phenoxy) is 1. The molecule has 5 aromatic rings. The largest absolute Gasteiger partial charge is 0.497 e. The maximum atomic E-state index is 5.45. The summed E-state index contributed by atoms with van der Waals surface area (Å²) in [6, 6.07) is 19.9. The van der Waals surface area contributed by atoms with Crippen LogP contribution >= 0.6 is 11.3 Å². The zero-order valence-corrected chi connectivity index (χ0v) is 19.4. The molecule has 0 saturated heterocycles. The number of aromatic nitrogens is 4. The molecule has 7 heteroatoms. The van der Waals surface area contributed by atoms with Gasteiger partial charge in [0.25, 0.3) is 0 Å². The molecule has 0 unspecified atom stereocenters. The van der Waals surface area contributed by atoms with Crippen molar-refractivity contribution in [3.05, 3.63) is 77.9 Å². The molecule has 0 radical (unpaired) electrons. The Morgan fingerprint density at radius 1 is 0.909 bits per heavy atom. The lowest BCUT2D eigenvalue weighted by Crippen LogP contribution is -2.00. The van der Waals surface area contributed by atoms with Gasteiger partial charge in [0.15, 0.2) is 11.0 Å². The minimum absolute atomic E-state index is 0.349. The Kier molecular flexibility index (Phi) is 5.71. The Morgan fingerprint density at radius 3 is 2.45 bits per heavy atom. The fraction of sp³-hybridized carbons (Fsp3) is 0.154. The van der Waals surface area contributed by atoms with Crippen LogP contribution in [0.2, 0.25) is 0 Å². The average molecular weight is 454 g/mol. The van der Waals surface area contributed by atoms with E-state index in [0.717, 1.165) is 38.6 Å². The number of benzene rings is 2. The predicted octanol–water partition coefficient (Wildman–Crippen LogP) is 6.69. The number of thiazole rings is 1. The second-order valence-electron chi connectivity index (χ2n) is 7.90. The molecule has 3 heterocycles. The predicted molar refractivity (Wildman–Crippen MR) is 134 cm³/mol. The van der Waals surface area contributed by atoms with Gasteiger partial charge in [0, 0.05) is 33.8 Å². The summed E-state index contributed by atoms with van der Waals surface area (Å²) >= 11 is 1.65. The summed E-state index contributed by atoms with van der Waals surface area (Å²) in [7, 11) is 1.65. The number of nitrogens with zero attached hydrogens (tertiary/aromatic N) is 4. The summed E-state index contributed by atoms with van der Waals surface area (Å²) in [5.41, 5.74) is 3.78. The smallest absolute Gasteiger partial charge is 0.189 e. The van der Waals surface area contributed by atoms with Crippen LogP contribution in [-0.4, -0.2) is 27.0 Å². The molecule has 0 bridgehead atoms. The van der Waals surface area contributed by atoms with Crippen LogP contribution < -0.4 is 10.1 Å². The van der Waals surface area contributed by atoms with Crippen molar-refractivity contribution >= 4 is 33.2 Å². The molecule has 0 amide bonds. The maximum Gasteiger partial charge on any atom is 0.189 e. The van der Waals surface area contributed by atoms with Crippen LogP contribution in [0.15, 0.2) is 73.1 Å². The Hall–Kier alpha value is -3.84. The second-order valence-corrected chi connectivity index (χ2v) is 8.93. The summed E-state index contributed by atoms with van der Waals surface area (Å²) in [6.45, 7) is 4.38. The molecule has 0 saturated carbocycles. The summed E-state index contributed by atoms with van der Waals surface area (Å²) in [5, 5.41) is 5.13. The van der Waals surface area contributed by atoms with Crippen molar-refractivity contribution in [1.29, 1.82) is 0 Å². The van der Waals surface area contributed by atoms with Crippen molar-refractivity contribution in [3.63, 3.8) is 0 Å². The van der Waals surface area contributed by atoms with E-state index in [0.29, 0.717) is 17.6 Å². The van der Waals surface area contributed by atoms with Crippen LogP contribution in [0, 0.1) is 0 Å². The Balaban J connectivity index is 1.64. The summed E-state index contributed by atoms with van der Waals surface area (Å²) in [5.74, 6) is 2.38. The lowest BCUT2D eigenvalue weighted by Gasteiger charge is -2.10. The zero-order chi connectivity index (χ0) is 22.8. The first kappa shape index (κ1) is 21.0. The molecule has 6 nitrogen and oxygen atoms in total. The molecule has 3 aromatic heterocycles. The summed E-state index contributed by atoms with van der Waals surface area (Å²) in [6.07, 6.45) is 3.50. The van der Waals surface area contributed by atoms with Gasteiger partial charge in [-0.05, 0) is 36.2 Å². The lowest BCUT2D eigenvalue weighted by atomic mass is 10.1. The molecule has 1 N–H and O–H groups in total. The van der Waals surface area contributed by atoms with Crippen molar-refractivity contribution in [1.82, 2.24) is 19.9 Å². The highest BCUT2D eigenvalue weighted by atomic mass is 32.1. The number of anilines is 2. The van der Waals surface area contributed by atoms with Crippen LogP contribution in [0.1, 0.15) is 24.6 Å². The average Bonchev–Trinajstić information content (AvgIpc) is 3.29. The minimum Gasteiger partial charge on any atom is -0.497 e. The molecule has 33 heavy (non-hydrogen) atoms. The maximum absolute atomic E-state index is 5.45. The first-order valence-electron chi connectivity index (χ1n) is 10.7. The minimum atomic E-state index is 0.349. The topological polar surface area (TPSA) is 72.8 Å². The van der Waals surface area contributed by atoms with Gasteiger partial charge in [-0.15, -0.1) is 11.3 Å². The van der Waals surface area contributed by atoms with E-state index >= 15 is 0 Å². The van der Waals surface area contributed by atoms with Crippen molar-refractivity contribution in [3.8, 4) is 28.4 Å². The number of nitrogens with one attached hydrogen (secondary N) is 1. The highest BCUT2D eigenvalue weighted by Gasteiger charge is 2.18. The molecule has 5 rings (SSSR count). The number of hydrogen-bond acceptors (Lipinski definition) is 7. The Labute approximate surface area is 196 Å². The van der Waals surface area contributed by atoms with E-state index < -0.39 is 0 Å². The van der Waals surface area contributed by atoms with E-state index in [1.165, 1.54) is 4.88 Å². The number of methoxy groups -OCH3 is 1. The zero-order valence-electron chi connectivity index (χ0n) is 18.6. The first-order chi connectivity index (χ1) is 16.1.